The fraction of sp³-hybridized carbons (Fsp3) is 0.438. The van der Waals surface area contributed by atoms with Crippen LogP contribution < -0.4 is 9.64 Å². The Hall–Kier alpha value is -2.57. The third kappa shape index (κ3) is 2.99. The molecule has 0 spiro atoms. The topological polar surface area (TPSA) is 73.4 Å². The number of hydrogen-bond acceptors (Lipinski definition) is 5. The summed E-state index contributed by atoms with van der Waals surface area (Å²) in [6.07, 6.45) is 6.00. The van der Waals surface area contributed by atoms with E-state index in [1.54, 1.807) is 12.1 Å². The van der Waals surface area contributed by atoms with Gasteiger partial charge in [-0.15, -0.1) is 0 Å². The standard InChI is InChI=1S/C16H20N4O3/c1-12-17-7-9-18(12)11-14-4-3-8-19(14)13-5-6-15(20(21)22)16(10-13)23-2/h5-7,9-10,14H,3-4,8,11H2,1-2H3/t14-/m1/s1. The highest BCUT2D eigenvalue weighted by Crippen LogP contribution is 2.34. The molecule has 0 radical (unpaired) electrons. The van der Waals surface area contributed by atoms with Crippen LogP contribution in [0.2, 0.25) is 0 Å². The molecule has 1 aromatic carbocycles. The molecule has 1 aromatic heterocycles. The molecule has 3 rings (SSSR count). The van der Waals surface area contributed by atoms with Gasteiger partial charge in [0.1, 0.15) is 5.82 Å². The number of rotatable bonds is 5. The van der Waals surface area contributed by atoms with E-state index in [9.17, 15) is 10.1 Å². The maximum atomic E-state index is 11.0. The Labute approximate surface area is 134 Å². The van der Waals surface area contributed by atoms with Crippen LogP contribution in [0.15, 0.2) is 30.6 Å². The summed E-state index contributed by atoms with van der Waals surface area (Å²) in [5.41, 5.74) is 0.963. The quantitative estimate of drug-likeness (QED) is 0.626. The average Bonchev–Trinajstić information content (AvgIpc) is 3.16. The smallest absolute Gasteiger partial charge is 0.311 e. The number of nitrogens with zero attached hydrogens (tertiary/aromatic N) is 4. The fourth-order valence-electron chi connectivity index (χ4n) is 3.18. The predicted molar refractivity (Wildman–Crippen MR) is 87.0 cm³/mol. The second-order valence-electron chi connectivity index (χ2n) is 5.73. The van der Waals surface area contributed by atoms with Crippen molar-refractivity contribution in [3.8, 4) is 5.75 Å². The van der Waals surface area contributed by atoms with Crippen molar-refractivity contribution < 1.29 is 9.66 Å². The lowest BCUT2D eigenvalue weighted by Crippen LogP contribution is -2.33. The summed E-state index contributed by atoms with van der Waals surface area (Å²) >= 11 is 0. The van der Waals surface area contributed by atoms with Crippen molar-refractivity contribution in [2.75, 3.05) is 18.6 Å². The molecule has 0 bridgehead atoms. The van der Waals surface area contributed by atoms with E-state index >= 15 is 0 Å². The minimum atomic E-state index is -0.418. The average molecular weight is 316 g/mol. The van der Waals surface area contributed by atoms with Gasteiger partial charge in [0.15, 0.2) is 5.75 Å². The number of hydrogen-bond donors (Lipinski definition) is 0. The number of benzene rings is 1. The lowest BCUT2D eigenvalue weighted by molar-refractivity contribution is -0.385. The highest BCUT2D eigenvalue weighted by atomic mass is 16.6. The molecule has 1 aliphatic heterocycles. The first-order valence-electron chi connectivity index (χ1n) is 7.67. The van der Waals surface area contributed by atoms with Gasteiger partial charge in [-0.2, -0.15) is 0 Å². The van der Waals surface area contributed by atoms with E-state index in [2.05, 4.69) is 14.5 Å². The third-order valence-electron chi connectivity index (χ3n) is 4.40. The highest BCUT2D eigenvalue weighted by Gasteiger charge is 2.27. The van der Waals surface area contributed by atoms with Crippen LogP contribution in [0.4, 0.5) is 11.4 Å². The predicted octanol–water partition coefficient (Wildman–Crippen LogP) is 2.78. The van der Waals surface area contributed by atoms with E-state index < -0.39 is 4.92 Å². The summed E-state index contributed by atoms with van der Waals surface area (Å²) < 4.78 is 7.33. The molecule has 122 valence electrons. The number of anilines is 1. The molecule has 0 unspecified atom stereocenters. The van der Waals surface area contributed by atoms with Crippen molar-refractivity contribution in [1.29, 1.82) is 0 Å². The Morgan fingerprint density at radius 3 is 2.96 bits per heavy atom. The Morgan fingerprint density at radius 1 is 1.48 bits per heavy atom. The molecule has 1 atom stereocenters. The van der Waals surface area contributed by atoms with Crippen molar-refractivity contribution in [3.05, 3.63) is 46.5 Å². The van der Waals surface area contributed by atoms with Gasteiger partial charge in [0.2, 0.25) is 0 Å². The van der Waals surface area contributed by atoms with E-state index in [0.717, 1.165) is 37.4 Å². The number of ether oxygens (including phenoxy) is 1. The summed E-state index contributed by atoms with van der Waals surface area (Å²) in [6.45, 7) is 3.80. The molecule has 23 heavy (non-hydrogen) atoms. The minimum absolute atomic E-state index is 0.00236. The number of methoxy groups -OCH3 is 1. The maximum Gasteiger partial charge on any atom is 0.311 e. The summed E-state index contributed by atoms with van der Waals surface area (Å²) in [4.78, 5) is 17.2. The maximum absolute atomic E-state index is 11.0. The van der Waals surface area contributed by atoms with Gasteiger partial charge in [0, 0.05) is 49.3 Å². The number of nitro benzene ring substituents is 1. The zero-order chi connectivity index (χ0) is 16.4. The minimum Gasteiger partial charge on any atom is -0.490 e. The Morgan fingerprint density at radius 2 is 2.30 bits per heavy atom. The number of aromatic nitrogens is 2. The van der Waals surface area contributed by atoms with E-state index in [1.807, 2.05) is 19.3 Å². The van der Waals surface area contributed by atoms with Gasteiger partial charge < -0.3 is 14.2 Å². The fourth-order valence-corrected chi connectivity index (χ4v) is 3.18. The zero-order valence-electron chi connectivity index (χ0n) is 13.3. The number of aryl methyl sites for hydroxylation is 1. The van der Waals surface area contributed by atoms with Crippen LogP contribution in [0.1, 0.15) is 18.7 Å². The summed E-state index contributed by atoms with van der Waals surface area (Å²) in [5, 5.41) is 11.0. The zero-order valence-corrected chi connectivity index (χ0v) is 13.3. The molecule has 0 aliphatic carbocycles. The van der Waals surface area contributed by atoms with Crippen molar-refractivity contribution in [3.63, 3.8) is 0 Å². The molecule has 2 heterocycles. The van der Waals surface area contributed by atoms with Crippen LogP contribution in [-0.4, -0.2) is 34.2 Å². The second kappa shape index (κ2) is 6.28. The van der Waals surface area contributed by atoms with Crippen LogP contribution in [0.3, 0.4) is 0 Å². The molecule has 1 saturated heterocycles. The molecule has 1 fully saturated rings. The van der Waals surface area contributed by atoms with Gasteiger partial charge in [-0.3, -0.25) is 10.1 Å². The van der Waals surface area contributed by atoms with Gasteiger partial charge >= 0.3 is 5.69 Å². The van der Waals surface area contributed by atoms with Crippen LogP contribution in [0.5, 0.6) is 5.75 Å². The van der Waals surface area contributed by atoms with Crippen molar-refractivity contribution in [2.24, 2.45) is 0 Å². The molecule has 1 aliphatic rings. The molecule has 0 amide bonds. The van der Waals surface area contributed by atoms with Crippen LogP contribution >= 0.6 is 0 Å². The number of imidazole rings is 1. The van der Waals surface area contributed by atoms with Gasteiger partial charge in [-0.05, 0) is 25.8 Å². The molecular formula is C16H20N4O3. The normalized spacial score (nSPS) is 17.5. The van der Waals surface area contributed by atoms with E-state index in [4.69, 9.17) is 4.74 Å². The molecule has 0 N–H and O–H groups in total. The van der Waals surface area contributed by atoms with Gasteiger partial charge in [0.25, 0.3) is 0 Å². The molecule has 7 heteroatoms. The van der Waals surface area contributed by atoms with Crippen molar-refractivity contribution in [1.82, 2.24) is 9.55 Å². The molecule has 2 aromatic rings. The van der Waals surface area contributed by atoms with Crippen LogP contribution in [-0.2, 0) is 6.54 Å². The summed E-state index contributed by atoms with van der Waals surface area (Å²) in [7, 11) is 1.46. The lowest BCUT2D eigenvalue weighted by atomic mass is 10.2. The van der Waals surface area contributed by atoms with E-state index in [1.165, 1.54) is 13.2 Å². The SMILES string of the molecule is COc1cc(N2CCC[C@@H]2Cn2ccnc2C)ccc1[N+](=O)[O-]. The first-order chi connectivity index (χ1) is 11.1. The monoisotopic (exact) mass is 316 g/mol. The largest absolute Gasteiger partial charge is 0.490 e. The highest BCUT2D eigenvalue weighted by molar-refractivity contribution is 5.60. The Kier molecular flexibility index (Phi) is 4.18. The second-order valence-corrected chi connectivity index (χ2v) is 5.73. The summed E-state index contributed by atoms with van der Waals surface area (Å²) in [6, 6.07) is 5.44. The molecule has 7 nitrogen and oxygen atoms in total. The van der Waals surface area contributed by atoms with Gasteiger partial charge in [-0.1, -0.05) is 0 Å². The van der Waals surface area contributed by atoms with Gasteiger partial charge in [0.05, 0.1) is 12.0 Å². The van der Waals surface area contributed by atoms with E-state index in [0.29, 0.717) is 11.8 Å². The van der Waals surface area contributed by atoms with Crippen LogP contribution in [0.25, 0.3) is 0 Å². The molecular weight excluding hydrogens is 296 g/mol. The van der Waals surface area contributed by atoms with Crippen LogP contribution in [0, 0.1) is 17.0 Å². The Bertz CT molecular complexity index is 713. The van der Waals surface area contributed by atoms with Crippen molar-refractivity contribution in [2.45, 2.75) is 32.4 Å². The van der Waals surface area contributed by atoms with Gasteiger partial charge in [-0.25, -0.2) is 4.98 Å². The lowest BCUT2D eigenvalue weighted by Gasteiger charge is -2.27. The Balaban J connectivity index is 1.85. The van der Waals surface area contributed by atoms with Crippen molar-refractivity contribution >= 4 is 11.4 Å². The summed E-state index contributed by atoms with van der Waals surface area (Å²) in [5.74, 6) is 1.30. The first kappa shape index (κ1) is 15.3. The first-order valence-corrected chi connectivity index (χ1v) is 7.67. The molecule has 0 saturated carbocycles. The number of nitro groups is 1. The van der Waals surface area contributed by atoms with E-state index in [-0.39, 0.29) is 5.69 Å². The third-order valence-corrected chi connectivity index (χ3v) is 4.40.